The molecule has 0 amide bonds. The molecule has 1 aliphatic heterocycles. The summed E-state index contributed by atoms with van der Waals surface area (Å²) < 4.78 is 25.6. The lowest BCUT2D eigenvalue weighted by Crippen LogP contribution is -2.24. The van der Waals surface area contributed by atoms with Gasteiger partial charge in [0.15, 0.2) is 11.5 Å². The molecule has 0 saturated carbocycles. The van der Waals surface area contributed by atoms with Crippen LogP contribution in [0.25, 0.3) is 0 Å². The molecule has 21 heavy (non-hydrogen) atoms. The number of hydrogen-bond acceptors (Lipinski definition) is 2. The summed E-state index contributed by atoms with van der Waals surface area (Å²) in [6.45, 7) is 4.06. The SMILES string of the molecule is CC1(C)Cc2cccc(Oc3cccc(F)c3CCl)c2O1. The molecule has 1 aliphatic rings. The Morgan fingerprint density at radius 2 is 1.90 bits per heavy atom. The largest absolute Gasteiger partial charge is 0.483 e. The third-order valence-electron chi connectivity index (χ3n) is 3.48. The number of para-hydroxylation sites is 1. The summed E-state index contributed by atoms with van der Waals surface area (Å²) in [6, 6.07) is 10.4. The molecule has 0 unspecified atom stereocenters. The molecule has 0 aromatic heterocycles. The van der Waals surface area contributed by atoms with Gasteiger partial charge in [0.2, 0.25) is 0 Å². The molecule has 4 heteroatoms. The average molecular weight is 307 g/mol. The monoisotopic (exact) mass is 306 g/mol. The third-order valence-corrected chi connectivity index (χ3v) is 3.75. The summed E-state index contributed by atoms with van der Waals surface area (Å²) in [5, 5.41) is 0. The molecule has 0 saturated heterocycles. The second-order valence-electron chi connectivity index (χ2n) is 5.74. The van der Waals surface area contributed by atoms with Gasteiger partial charge in [0.1, 0.15) is 17.2 Å². The number of rotatable bonds is 3. The lowest BCUT2D eigenvalue weighted by Gasteiger charge is -2.18. The fourth-order valence-electron chi connectivity index (χ4n) is 2.55. The number of alkyl halides is 1. The summed E-state index contributed by atoms with van der Waals surface area (Å²) in [6.07, 6.45) is 0.824. The van der Waals surface area contributed by atoms with Crippen LogP contribution in [0.2, 0.25) is 0 Å². The molecule has 1 heterocycles. The number of fused-ring (bicyclic) bond motifs is 1. The van der Waals surface area contributed by atoms with Gasteiger partial charge in [-0.2, -0.15) is 0 Å². The van der Waals surface area contributed by atoms with E-state index < -0.39 is 0 Å². The molecular weight excluding hydrogens is 291 g/mol. The highest BCUT2D eigenvalue weighted by molar-refractivity contribution is 6.17. The van der Waals surface area contributed by atoms with Crippen molar-refractivity contribution < 1.29 is 13.9 Å². The van der Waals surface area contributed by atoms with Crippen molar-refractivity contribution in [3.8, 4) is 17.2 Å². The van der Waals surface area contributed by atoms with E-state index >= 15 is 0 Å². The molecule has 2 aromatic carbocycles. The zero-order chi connectivity index (χ0) is 15.0. The summed E-state index contributed by atoms with van der Waals surface area (Å²) in [5.41, 5.74) is 1.20. The molecule has 2 nitrogen and oxygen atoms in total. The van der Waals surface area contributed by atoms with Crippen LogP contribution in [0.1, 0.15) is 25.0 Å². The van der Waals surface area contributed by atoms with Crippen LogP contribution in [0.5, 0.6) is 17.2 Å². The Morgan fingerprint density at radius 3 is 2.67 bits per heavy atom. The van der Waals surface area contributed by atoms with Crippen molar-refractivity contribution in [1.82, 2.24) is 0 Å². The summed E-state index contributed by atoms with van der Waals surface area (Å²) in [7, 11) is 0. The van der Waals surface area contributed by atoms with Gasteiger partial charge in [-0.3, -0.25) is 0 Å². The van der Waals surface area contributed by atoms with Crippen LogP contribution in [-0.2, 0) is 12.3 Å². The smallest absolute Gasteiger partial charge is 0.169 e. The number of ether oxygens (including phenoxy) is 2. The van der Waals surface area contributed by atoms with E-state index in [4.69, 9.17) is 21.1 Å². The lowest BCUT2D eigenvalue weighted by molar-refractivity contribution is 0.135. The minimum atomic E-state index is -0.365. The molecule has 110 valence electrons. The predicted octanol–water partition coefficient (Wildman–Crippen LogP) is 5.07. The fraction of sp³-hybridized carbons (Fsp3) is 0.294. The molecule has 0 atom stereocenters. The highest BCUT2D eigenvalue weighted by Gasteiger charge is 2.32. The maximum Gasteiger partial charge on any atom is 0.169 e. The minimum Gasteiger partial charge on any atom is -0.483 e. The highest BCUT2D eigenvalue weighted by atomic mass is 35.5. The van der Waals surface area contributed by atoms with Gasteiger partial charge in [-0.15, -0.1) is 11.6 Å². The van der Waals surface area contributed by atoms with Crippen LogP contribution >= 0.6 is 11.6 Å². The van der Waals surface area contributed by atoms with Gasteiger partial charge < -0.3 is 9.47 Å². The van der Waals surface area contributed by atoms with E-state index in [2.05, 4.69) is 0 Å². The normalized spacial score (nSPS) is 15.4. The Kier molecular flexibility index (Phi) is 3.54. The minimum absolute atomic E-state index is 0.0589. The molecule has 0 fully saturated rings. The van der Waals surface area contributed by atoms with Gasteiger partial charge in [0.25, 0.3) is 0 Å². The van der Waals surface area contributed by atoms with Crippen LogP contribution in [-0.4, -0.2) is 5.60 Å². The average Bonchev–Trinajstić information content (AvgIpc) is 2.74. The van der Waals surface area contributed by atoms with E-state index in [1.807, 2.05) is 32.0 Å². The van der Waals surface area contributed by atoms with Gasteiger partial charge >= 0.3 is 0 Å². The topological polar surface area (TPSA) is 18.5 Å². The first-order valence-corrected chi connectivity index (χ1v) is 7.36. The van der Waals surface area contributed by atoms with Crippen LogP contribution in [0, 0.1) is 5.82 Å². The Morgan fingerprint density at radius 1 is 1.19 bits per heavy atom. The Hall–Kier alpha value is -1.74. The highest BCUT2D eigenvalue weighted by Crippen LogP contribution is 2.44. The van der Waals surface area contributed by atoms with Crippen molar-refractivity contribution in [3.63, 3.8) is 0 Å². The van der Waals surface area contributed by atoms with Crippen LogP contribution < -0.4 is 9.47 Å². The predicted molar refractivity (Wildman–Crippen MR) is 80.9 cm³/mol. The van der Waals surface area contributed by atoms with Gasteiger partial charge in [-0.25, -0.2) is 4.39 Å². The molecule has 0 spiro atoms. The summed E-state index contributed by atoms with van der Waals surface area (Å²) in [4.78, 5) is 0. The van der Waals surface area contributed by atoms with Crippen molar-refractivity contribution in [2.45, 2.75) is 31.7 Å². The van der Waals surface area contributed by atoms with Gasteiger partial charge in [0, 0.05) is 17.5 Å². The van der Waals surface area contributed by atoms with Crippen LogP contribution in [0.15, 0.2) is 36.4 Å². The quantitative estimate of drug-likeness (QED) is 0.737. The zero-order valence-electron chi connectivity index (χ0n) is 12.0. The molecular formula is C17H16ClFO2. The van der Waals surface area contributed by atoms with Gasteiger partial charge in [-0.1, -0.05) is 18.2 Å². The standard InChI is InChI=1S/C17H16ClFO2/c1-17(2)9-11-5-3-8-15(16(11)21-17)20-14-7-4-6-13(19)12(14)10-18/h3-8H,9-10H2,1-2H3. The van der Waals surface area contributed by atoms with Crippen molar-refractivity contribution in [1.29, 1.82) is 0 Å². The van der Waals surface area contributed by atoms with E-state index in [0.717, 1.165) is 17.7 Å². The number of benzene rings is 2. The van der Waals surface area contributed by atoms with Crippen LogP contribution in [0.4, 0.5) is 4.39 Å². The van der Waals surface area contributed by atoms with E-state index in [0.29, 0.717) is 17.1 Å². The Balaban J connectivity index is 1.98. The molecule has 0 aliphatic carbocycles. The van der Waals surface area contributed by atoms with Crippen molar-refractivity contribution in [2.24, 2.45) is 0 Å². The van der Waals surface area contributed by atoms with Crippen molar-refractivity contribution in [3.05, 3.63) is 53.3 Å². The second-order valence-corrected chi connectivity index (χ2v) is 6.00. The fourth-order valence-corrected chi connectivity index (χ4v) is 2.81. The van der Waals surface area contributed by atoms with E-state index in [1.165, 1.54) is 6.07 Å². The second kappa shape index (κ2) is 5.23. The zero-order valence-corrected chi connectivity index (χ0v) is 12.7. The third kappa shape index (κ3) is 2.70. The van der Waals surface area contributed by atoms with Crippen LogP contribution in [0.3, 0.4) is 0 Å². The maximum absolute atomic E-state index is 13.8. The van der Waals surface area contributed by atoms with Crippen molar-refractivity contribution >= 4 is 11.6 Å². The number of hydrogen-bond donors (Lipinski definition) is 0. The summed E-state index contributed by atoms with van der Waals surface area (Å²) in [5.74, 6) is 1.44. The molecule has 2 aromatic rings. The summed E-state index contributed by atoms with van der Waals surface area (Å²) >= 11 is 5.81. The number of halogens is 2. The first kappa shape index (κ1) is 14.2. The molecule has 0 N–H and O–H groups in total. The van der Waals surface area contributed by atoms with Gasteiger partial charge in [0.05, 0.1) is 5.88 Å². The molecule has 0 bridgehead atoms. The molecule has 3 rings (SSSR count). The lowest BCUT2D eigenvalue weighted by atomic mass is 10.0. The van der Waals surface area contributed by atoms with Crippen molar-refractivity contribution in [2.75, 3.05) is 0 Å². The van der Waals surface area contributed by atoms with E-state index in [1.54, 1.807) is 12.1 Å². The Bertz CT molecular complexity index is 682. The Labute approximate surface area is 128 Å². The first-order valence-electron chi connectivity index (χ1n) is 6.82. The maximum atomic E-state index is 13.8. The van der Waals surface area contributed by atoms with Gasteiger partial charge in [-0.05, 0) is 32.0 Å². The van der Waals surface area contributed by atoms with E-state index in [-0.39, 0.29) is 17.3 Å². The first-order chi connectivity index (χ1) is 10.00. The molecule has 0 radical (unpaired) electrons. The van der Waals surface area contributed by atoms with E-state index in [9.17, 15) is 4.39 Å².